The third kappa shape index (κ3) is 4.16. The molecule has 0 aromatic rings. The smallest absolute Gasteiger partial charge is 0.326 e. The maximum Gasteiger partial charge on any atom is 0.326 e. The first-order valence-electron chi connectivity index (χ1n) is 9.26. The molecule has 1 saturated heterocycles. The summed E-state index contributed by atoms with van der Waals surface area (Å²) in [6, 6.07) is -0.613. The molecule has 2 fully saturated rings. The maximum absolute atomic E-state index is 12.8. The molecule has 3 atom stereocenters. The highest BCUT2D eigenvalue weighted by atomic mass is 16.5. The van der Waals surface area contributed by atoms with Crippen molar-refractivity contribution in [3.8, 4) is 0 Å². The second-order valence-electron chi connectivity index (χ2n) is 7.70. The average molecular weight is 367 g/mol. The molecule has 1 heterocycles. The van der Waals surface area contributed by atoms with E-state index in [4.69, 9.17) is 4.74 Å². The number of imide groups is 1. The summed E-state index contributed by atoms with van der Waals surface area (Å²) in [5, 5.41) is 5.50. The van der Waals surface area contributed by atoms with E-state index in [2.05, 4.69) is 10.6 Å². The Morgan fingerprint density at radius 3 is 2.62 bits per heavy atom. The van der Waals surface area contributed by atoms with Gasteiger partial charge in [0.05, 0.1) is 0 Å². The first-order chi connectivity index (χ1) is 12.2. The van der Waals surface area contributed by atoms with Gasteiger partial charge >= 0.3 is 12.0 Å². The summed E-state index contributed by atoms with van der Waals surface area (Å²) < 4.78 is 4.92. The normalized spacial score (nSPS) is 26.8. The van der Waals surface area contributed by atoms with Crippen LogP contribution in [0.15, 0.2) is 0 Å². The van der Waals surface area contributed by atoms with Crippen LogP contribution >= 0.6 is 0 Å². The van der Waals surface area contributed by atoms with Gasteiger partial charge in [0.15, 0.2) is 6.61 Å². The minimum absolute atomic E-state index is 0.0250. The summed E-state index contributed by atoms with van der Waals surface area (Å²) in [6.07, 6.45) is 3.33. The lowest BCUT2D eigenvalue weighted by Crippen LogP contribution is -2.54. The SMILES string of the molecule is CC(C)[C@H](C)NC(=O)COC(=O)CN1C(=O)N[C@@]2(CCCC[C@H]2C)C1=O. The highest BCUT2D eigenvalue weighted by Gasteiger charge is 2.55. The molecule has 0 aromatic carbocycles. The Bertz CT molecular complexity index is 591. The molecule has 2 N–H and O–H groups in total. The van der Waals surface area contributed by atoms with Crippen LogP contribution in [-0.2, 0) is 19.1 Å². The lowest BCUT2D eigenvalue weighted by atomic mass is 9.73. The third-order valence-electron chi connectivity index (χ3n) is 5.54. The molecule has 2 aliphatic rings. The molecule has 146 valence electrons. The van der Waals surface area contributed by atoms with Gasteiger partial charge in [0.2, 0.25) is 0 Å². The molecule has 26 heavy (non-hydrogen) atoms. The molecule has 2 rings (SSSR count). The Balaban J connectivity index is 1.88. The van der Waals surface area contributed by atoms with Crippen molar-refractivity contribution in [3.63, 3.8) is 0 Å². The van der Waals surface area contributed by atoms with Gasteiger partial charge in [-0.05, 0) is 31.6 Å². The summed E-state index contributed by atoms with van der Waals surface area (Å²) in [7, 11) is 0. The zero-order chi connectivity index (χ0) is 19.5. The molecule has 8 nitrogen and oxygen atoms in total. The van der Waals surface area contributed by atoms with Gasteiger partial charge in [0.1, 0.15) is 12.1 Å². The Kier molecular flexibility index (Phi) is 6.26. The van der Waals surface area contributed by atoms with Crippen LogP contribution in [0.3, 0.4) is 0 Å². The maximum atomic E-state index is 12.8. The summed E-state index contributed by atoms with van der Waals surface area (Å²) in [6.45, 7) is 6.84. The second kappa shape index (κ2) is 8.05. The number of amides is 4. The molecule has 0 unspecified atom stereocenters. The van der Waals surface area contributed by atoms with E-state index in [9.17, 15) is 19.2 Å². The van der Waals surface area contributed by atoms with E-state index in [1.807, 2.05) is 27.7 Å². The van der Waals surface area contributed by atoms with Crippen molar-refractivity contribution >= 4 is 23.8 Å². The van der Waals surface area contributed by atoms with Gasteiger partial charge in [0, 0.05) is 6.04 Å². The van der Waals surface area contributed by atoms with Gasteiger partial charge < -0.3 is 15.4 Å². The number of hydrogen-bond donors (Lipinski definition) is 2. The third-order valence-corrected chi connectivity index (χ3v) is 5.54. The molecule has 0 aromatic heterocycles. The molecule has 1 aliphatic heterocycles. The summed E-state index contributed by atoms with van der Waals surface area (Å²) in [4.78, 5) is 49.6. The molecular formula is C18H29N3O5. The summed E-state index contributed by atoms with van der Waals surface area (Å²) in [5.41, 5.74) is -0.903. The first kappa shape index (κ1) is 20.2. The van der Waals surface area contributed by atoms with E-state index in [-0.39, 0.29) is 23.8 Å². The average Bonchev–Trinajstić information content (AvgIpc) is 2.81. The number of rotatable bonds is 6. The van der Waals surface area contributed by atoms with E-state index in [1.54, 1.807) is 0 Å². The van der Waals surface area contributed by atoms with Crippen LogP contribution in [0.2, 0.25) is 0 Å². The number of nitrogens with one attached hydrogen (secondary N) is 2. The van der Waals surface area contributed by atoms with Gasteiger partial charge in [-0.25, -0.2) is 4.79 Å². The summed E-state index contributed by atoms with van der Waals surface area (Å²) >= 11 is 0. The predicted octanol–water partition coefficient (Wildman–Crippen LogP) is 1.19. The highest BCUT2D eigenvalue weighted by molar-refractivity contribution is 6.09. The second-order valence-corrected chi connectivity index (χ2v) is 7.70. The van der Waals surface area contributed by atoms with Crippen molar-refractivity contribution in [2.24, 2.45) is 11.8 Å². The van der Waals surface area contributed by atoms with Crippen LogP contribution in [0, 0.1) is 11.8 Å². The fourth-order valence-electron chi connectivity index (χ4n) is 3.42. The molecule has 0 bridgehead atoms. The monoisotopic (exact) mass is 367 g/mol. The van der Waals surface area contributed by atoms with Crippen LogP contribution in [0.4, 0.5) is 4.79 Å². The van der Waals surface area contributed by atoms with Crippen molar-refractivity contribution in [1.82, 2.24) is 15.5 Å². The molecule has 0 radical (unpaired) electrons. The van der Waals surface area contributed by atoms with Crippen LogP contribution in [-0.4, -0.2) is 53.4 Å². The first-order valence-corrected chi connectivity index (χ1v) is 9.26. The highest BCUT2D eigenvalue weighted by Crippen LogP contribution is 2.38. The zero-order valence-corrected chi connectivity index (χ0v) is 16.0. The topological polar surface area (TPSA) is 105 Å². The van der Waals surface area contributed by atoms with Gasteiger partial charge in [-0.2, -0.15) is 0 Å². The predicted molar refractivity (Wildman–Crippen MR) is 94.0 cm³/mol. The number of carbonyl (C=O) groups excluding carboxylic acids is 4. The van der Waals surface area contributed by atoms with E-state index in [0.29, 0.717) is 6.42 Å². The number of ether oxygens (including phenoxy) is 1. The van der Waals surface area contributed by atoms with Crippen molar-refractivity contribution in [2.45, 2.75) is 65.0 Å². The van der Waals surface area contributed by atoms with E-state index < -0.39 is 36.6 Å². The number of nitrogens with zero attached hydrogens (tertiary/aromatic N) is 1. The van der Waals surface area contributed by atoms with E-state index in [0.717, 1.165) is 24.2 Å². The Labute approximate surface area is 154 Å². The van der Waals surface area contributed by atoms with Crippen molar-refractivity contribution in [2.75, 3.05) is 13.2 Å². The minimum atomic E-state index is -0.903. The standard InChI is InChI=1S/C18H29N3O5/c1-11(2)13(4)19-14(22)10-26-15(23)9-21-16(24)18(20-17(21)25)8-6-5-7-12(18)3/h11-13H,5-10H2,1-4H3,(H,19,22)(H,20,25)/t12-,13+,18-/m1/s1. The van der Waals surface area contributed by atoms with Gasteiger partial charge in [-0.3, -0.25) is 19.3 Å². The van der Waals surface area contributed by atoms with Crippen LogP contribution in [0.5, 0.6) is 0 Å². The molecular weight excluding hydrogens is 338 g/mol. The van der Waals surface area contributed by atoms with Crippen molar-refractivity contribution in [3.05, 3.63) is 0 Å². The lowest BCUT2D eigenvalue weighted by molar-refractivity contribution is -0.151. The fourth-order valence-corrected chi connectivity index (χ4v) is 3.42. The quantitative estimate of drug-likeness (QED) is 0.542. The Morgan fingerprint density at radius 1 is 1.31 bits per heavy atom. The molecule has 1 saturated carbocycles. The number of hydrogen-bond acceptors (Lipinski definition) is 5. The van der Waals surface area contributed by atoms with Crippen molar-refractivity contribution in [1.29, 1.82) is 0 Å². The molecule has 8 heteroatoms. The number of esters is 1. The van der Waals surface area contributed by atoms with Gasteiger partial charge in [-0.1, -0.05) is 33.6 Å². The van der Waals surface area contributed by atoms with Crippen LogP contribution in [0.25, 0.3) is 0 Å². The van der Waals surface area contributed by atoms with Gasteiger partial charge in [-0.15, -0.1) is 0 Å². The van der Waals surface area contributed by atoms with Crippen LogP contribution in [0.1, 0.15) is 53.4 Å². The Hall–Kier alpha value is -2.12. The largest absolute Gasteiger partial charge is 0.454 e. The van der Waals surface area contributed by atoms with Crippen molar-refractivity contribution < 1.29 is 23.9 Å². The minimum Gasteiger partial charge on any atom is -0.454 e. The zero-order valence-electron chi connectivity index (χ0n) is 16.0. The van der Waals surface area contributed by atoms with E-state index >= 15 is 0 Å². The summed E-state index contributed by atoms with van der Waals surface area (Å²) in [5.74, 6) is -1.27. The Morgan fingerprint density at radius 2 is 2.00 bits per heavy atom. The molecule has 1 aliphatic carbocycles. The van der Waals surface area contributed by atoms with E-state index in [1.165, 1.54) is 0 Å². The number of urea groups is 1. The van der Waals surface area contributed by atoms with Crippen LogP contribution < -0.4 is 10.6 Å². The lowest BCUT2D eigenvalue weighted by Gasteiger charge is -2.36. The fraction of sp³-hybridized carbons (Fsp3) is 0.778. The van der Waals surface area contributed by atoms with Gasteiger partial charge in [0.25, 0.3) is 11.8 Å². The molecule has 1 spiro atoms. The molecule has 4 amide bonds. The number of carbonyl (C=O) groups is 4.